The van der Waals surface area contributed by atoms with E-state index in [-0.39, 0.29) is 20.2 Å². The summed E-state index contributed by atoms with van der Waals surface area (Å²) < 4.78 is 25.9. The molecule has 1 saturated heterocycles. The molecule has 0 aliphatic carbocycles. The van der Waals surface area contributed by atoms with Gasteiger partial charge in [-0.2, -0.15) is 4.31 Å². The van der Waals surface area contributed by atoms with E-state index in [2.05, 4.69) is 4.90 Å². The van der Waals surface area contributed by atoms with Crippen LogP contribution < -0.4 is 0 Å². The van der Waals surface area contributed by atoms with E-state index in [1.54, 1.807) is 0 Å². The molecule has 7 nitrogen and oxygen atoms in total. The molecule has 1 aliphatic heterocycles. The van der Waals surface area contributed by atoms with Crippen molar-refractivity contribution in [3.8, 4) is 0 Å². The Morgan fingerprint density at radius 2 is 2.29 bits per heavy atom. The van der Waals surface area contributed by atoms with Crippen LogP contribution in [0.4, 0.5) is 5.69 Å². The number of rotatable bonds is 5. The zero-order valence-electron chi connectivity index (χ0n) is 11.7. The first-order valence-corrected chi connectivity index (χ1v) is 8.94. The van der Waals surface area contributed by atoms with Gasteiger partial charge in [0.05, 0.1) is 4.92 Å². The molecule has 1 unspecified atom stereocenters. The summed E-state index contributed by atoms with van der Waals surface area (Å²) in [5.41, 5.74) is -0.366. The van der Waals surface area contributed by atoms with Crippen molar-refractivity contribution in [2.75, 3.05) is 33.7 Å². The van der Waals surface area contributed by atoms with Gasteiger partial charge in [0, 0.05) is 26.2 Å². The van der Waals surface area contributed by atoms with Crippen LogP contribution in [0.1, 0.15) is 6.42 Å². The second-order valence-electron chi connectivity index (χ2n) is 5.18. The summed E-state index contributed by atoms with van der Waals surface area (Å²) in [5, 5.41) is 10.8. The van der Waals surface area contributed by atoms with Crippen LogP contribution in [-0.4, -0.2) is 56.3 Å². The van der Waals surface area contributed by atoms with Crippen molar-refractivity contribution >= 4 is 38.6 Å². The highest BCUT2D eigenvalue weighted by Gasteiger charge is 2.31. The second-order valence-corrected chi connectivity index (χ2v) is 9.11. The summed E-state index contributed by atoms with van der Waals surface area (Å²) in [5.74, 6) is 0.278. The van der Waals surface area contributed by atoms with Crippen molar-refractivity contribution in [1.29, 1.82) is 0 Å². The third-order valence-corrected chi connectivity index (χ3v) is 7.12. The van der Waals surface area contributed by atoms with Crippen LogP contribution in [0.3, 0.4) is 0 Å². The van der Waals surface area contributed by atoms with Crippen LogP contribution in [0, 0.1) is 16.0 Å². The van der Waals surface area contributed by atoms with Crippen molar-refractivity contribution in [3.05, 3.63) is 20.5 Å². The molecule has 1 fully saturated rings. The summed E-state index contributed by atoms with van der Waals surface area (Å²) in [6.07, 6.45) is 0.946. The summed E-state index contributed by atoms with van der Waals surface area (Å²) in [6.45, 7) is 2.20. The quantitative estimate of drug-likeness (QED) is 0.596. The minimum absolute atomic E-state index is 0.0898. The average molecular weight is 354 g/mol. The Kier molecular flexibility index (Phi) is 4.89. The predicted molar refractivity (Wildman–Crippen MR) is 81.4 cm³/mol. The molecule has 1 aromatic rings. The van der Waals surface area contributed by atoms with Gasteiger partial charge in [-0.15, -0.1) is 11.3 Å². The van der Waals surface area contributed by atoms with Crippen LogP contribution >= 0.6 is 22.9 Å². The first-order valence-electron chi connectivity index (χ1n) is 6.30. The second kappa shape index (κ2) is 6.17. The largest absolute Gasteiger partial charge is 0.306 e. The molecule has 118 valence electrons. The van der Waals surface area contributed by atoms with Gasteiger partial charge in [-0.1, -0.05) is 11.6 Å². The lowest BCUT2D eigenvalue weighted by atomic mass is 10.1. The van der Waals surface area contributed by atoms with Crippen molar-refractivity contribution in [2.24, 2.45) is 5.92 Å². The molecule has 0 aromatic carbocycles. The van der Waals surface area contributed by atoms with Crippen LogP contribution in [0.2, 0.25) is 4.34 Å². The summed E-state index contributed by atoms with van der Waals surface area (Å²) in [4.78, 5) is 12.2. The Labute approximate surface area is 132 Å². The highest BCUT2D eigenvalue weighted by atomic mass is 35.5. The van der Waals surface area contributed by atoms with Gasteiger partial charge in [0.15, 0.2) is 4.34 Å². The lowest BCUT2D eigenvalue weighted by molar-refractivity contribution is -0.384. The number of thiophene rings is 1. The molecular weight excluding hydrogens is 338 g/mol. The molecule has 2 rings (SSSR count). The summed E-state index contributed by atoms with van der Waals surface area (Å²) in [6, 6.07) is 1.03. The van der Waals surface area contributed by atoms with Gasteiger partial charge >= 0.3 is 0 Å². The van der Waals surface area contributed by atoms with Crippen molar-refractivity contribution in [2.45, 2.75) is 10.6 Å². The van der Waals surface area contributed by atoms with Crippen molar-refractivity contribution in [1.82, 2.24) is 9.21 Å². The average Bonchev–Trinajstić information content (AvgIpc) is 2.95. The highest BCUT2D eigenvalue weighted by molar-refractivity contribution is 7.91. The molecule has 0 amide bonds. The van der Waals surface area contributed by atoms with E-state index in [1.807, 2.05) is 7.05 Å². The van der Waals surface area contributed by atoms with E-state index in [0.717, 1.165) is 36.9 Å². The van der Waals surface area contributed by atoms with E-state index in [0.29, 0.717) is 6.54 Å². The van der Waals surface area contributed by atoms with Crippen LogP contribution in [0.15, 0.2) is 10.3 Å². The number of nitro groups is 1. The van der Waals surface area contributed by atoms with Crippen molar-refractivity contribution in [3.63, 3.8) is 0 Å². The summed E-state index contributed by atoms with van der Waals surface area (Å²) in [7, 11) is -0.245. The molecular formula is C11H16ClN3O4S2. The summed E-state index contributed by atoms with van der Waals surface area (Å²) >= 11 is 6.45. The SMILES string of the molecule is CN1CCC(CN(C)S(=O)(=O)c2cc([N+](=O)[O-])c(Cl)s2)C1. The first kappa shape index (κ1) is 16.6. The maximum Gasteiger partial charge on any atom is 0.300 e. The van der Waals surface area contributed by atoms with Gasteiger partial charge < -0.3 is 4.90 Å². The van der Waals surface area contributed by atoms with E-state index in [1.165, 1.54) is 11.4 Å². The maximum atomic E-state index is 12.4. The molecule has 21 heavy (non-hydrogen) atoms. The Hall–Kier alpha value is -0.740. The maximum absolute atomic E-state index is 12.4. The zero-order valence-corrected chi connectivity index (χ0v) is 14.0. The minimum atomic E-state index is -3.73. The third-order valence-electron chi connectivity index (χ3n) is 3.51. The van der Waals surface area contributed by atoms with Crippen LogP contribution in [0.25, 0.3) is 0 Å². The van der Waals surface area contributed by atoms with Crippen molar-refractivity contribution < 1.29 is 13.3 Å². The predicted octanol–water partition coefficient (Wildman–Crippen LogP) is 1.88. The molecule has 0 bridgehead atoms. The van der Waals surface area contributed by atoms with Crippen LogP contribution in [-0.2, 0) is 10.0 Å². The van der Waals surface area contributed by atoms with E-state index in [4.69, 9.17) is 11.6 Å². The number of sulfonamides is 1. The van der Waals surface area contributed by atoms with E-state index < -0.39 is 14.9 Å². The molecule has 0 spiro atoms. The Morgan fingerprint density at radius 3 is 2.76 bits per heavy atom. The number of hydrogen-bond acceptors (Lipinski definition) is 6. The molecule has 1 aromatic heterocycles. The van der Waals surface area contributed by atoms with E-state index >= 15 is 0 Å². The first-order chi connectivity index (χ1) is 9.71. The fraction of sp³-hybridized carbons (Fsp3) is 0.636. The highest BCUT2D eigenvalue weighted by Crippen LogP contribution is 2.37. The monoisotopic (exact) mass is 353 g/mol. The normalized spacial score (nSPS) is 20.3. The van der Waals surface area contributed by atoms with Gasteiger partial charge in [-0.3, -0.25) is 10.1 Å². The Bertz CT molecular complexity index is 646. The van der Waals surface area contributed by atoms with E-state index in [9.17, 15) is 18.5 Å². The smallest absolute Gasteiger partial charge is 0.300 e. The molecule has 2 heterocycles. The van der Waals surface area contributed by atoms with Gasteiger partial charge in [-0.25, -0.2) is 8.42 Å². The lowest BCUT2D eigenvalue weighted by Gasteiger charge is -2.19. The molecule has 0 N–H and O–H groups in total. The third kappa shape index (κ3) is 3.54. The number of halogens is 1. The number of hydrogen-bond donors (Lipinski definition) is 0. The van der Waals surface area contributed by atoms with Gasteiger partial charge in [0.25, 0.3) is 15.7 Å². The minimum Gasteiger partial charge on any atom is -0.306 e. The lowest BCUT2D eigenvalue weighted by Crippen LogP contribution is -2.32. The Morgan fingerprint density at radius 1 is 1.62 bits per heavy atom. The van der Waals surface area contributed by atoms with Crippen LogP contribution in [0.5, 0.6) is 0 Å². The fourth-order valence-electron chi connectivity index (χ4n) is 2.38. The standard InChI is InChI=1S/C11H16ClN3O4S2/c1-13-4-3-8(6-13)7-14(2)21(18,19)10-5-9(15(16)17)11(12)20-10/h5,8H,3-4,6-7H2,1-2H3. The van der Waals surface area contributed by atoms with Gasteiger partial charge in [0.1, 0.15) is 4.21 Å². The zero-order chi connectivity index (χ0) is 15.8. The number of nitrogens with zero attached hydrogens (tertiary/aromatic N) is 3. The topological polar surface area (TPSA) is 83.8 Å². The molecule has 0 saturated carbocycles. The molecule has 10 heteroatoms. The Balaban J connectivity index is 2.17. The fourth-order valence-corrected chi connectivity index (χ4v) is 5.50. The van der Waals surface area contributed by atoms with Gasteiger partial charge in [-0.05, 0) is 25.9 Å². The number of likely N-dealkylation sites (tertiary alicyclic amines) is 1. The molecule has 1 atom stereocenters. The molecule has 0 radical (unpaired) electrons. The molecule has 1 aliphatic rings. The van der Waals surface area contributed by atoms with Gasteiger partial charge in [0.2, 0.25) is 0 Å².